The van der Waals surface area contributed by atoms with E-state index in [0.717, 1.165) is 11.8 Å². The molecule has 1 heteroatoms. The van der Waals surface area contributed by atoms with Crippen LogP contribution in [0.3, 0.4) is 0 Å². The van der Waals surface area contributed by atoms with Crippen molar-refractivity contribution in [2.75, 3.05) is 20.1 Å². The van der Waals surface area contributed by atoms with Gasteiger partial charge in [0.1, 0.15) is 0 Å². The zero-order valence-corrected chi connectivity index (χ0v) is 9.43. The van der Waals surface area contributed by atoms with Gasteiger partial charge in [-0.3, -0.25) is 0 Å². The highest BCUT2D eigenvalue weighted by atomic mass is 15.1. The van der Waals surface area contributed by atoms with Crippen LogP contribution in [0.15, 0.2) is 0 Å². The monoisotopic (exact) mass is 171 g/mol. The molecule has 0 spiro atoms. The summed E-state index contributed by atoms with van der Waals surface area (Å²) in [6, 6.07) is 0. The number of hydrogen-bond acceptors (Lipinski definition) is 1. The first kappa shape index (κ1) is 12.0. The lowest BCUT2D eigenvalue weighted by molar-refractivity contribution is 0.269. The first-order valence-electron chi connectivity index (χ1n) is 5.28. The zero-order valence-electron chi connectivity index (χ0n) is 9.43. The van der Waals surface area contributed by atoms with E-state index in [1.54, 1.807) is 0 Å². The third-order valence-electron chi connectivity index (χ3n) is 2.66. The van der Waals surface area contributed by atoms with Crippen molar-refractivity contribution in [3.63, 3.8) is 0 Å². The van der Waals surface area contributed by atoms with E-state index >= 15 is 0 Å². The Morgan fingerprint density at radius 1 is 1.08 bits per heavy atom. The van der Waals surface area contributed by atoms with Gasteiger partial charge >= 0.3 is 0 Å². The normalized spacial score (nSPS) is 16.5. The van der Waals surface area contributed by atoms with Gasteiger partial charge in [-0.05, 0) is 31.8 Å². The standard InChI is InChI=1S/C11H25N/c1-6-10(3)8-11(4)9-12(5)7-2/h10-11H,6-9H2,1-5H3. The Morgan fingerprint density at radius 3 is 2.08 bits per heavy atom. The molecule has 12 heavy (non-hydrogen) atoms. The van der Waals surface area contributed by atoms with Gasteiger partial charge in [0, 0.05) is 6.54 Å². The fraction of sp³-hybridized carbons (Fsp3) is 1.00. The molecule has 0 aromatic carbocycles. The Kier molecular flexibility index (Phi) is 6.45. The Morgan fingerprint density at radius 2 is 1.67 bits per heavy atom. The summed E-state index contributed by atoms with van der Waals surface area (Å²) in [6.07, 6.45) is 2.70. The van der Waals surface area contributed by atoms with Crippen LogP contribution in [0.25, 0.3) is 0 Å². The fourth-order valence-corrected chi connectivity index (χ4v) is 1.59. The lowest BCUT2D eigenvalue weighted by atomic mass is 9.95. The van der Waals surface area contributed by atoms with E-state index in [9.17, 15) is 0 Å². The third kappa shape index (κ3) is 5.59. The number of rotatable bonds is 6. The van der Waals surface area contributed by atoms with Crippen LogP contribution in [0, 0.1) is 11.8 Å². The molecule has 0 saturated carbocycles. The van der Waals surface area contributed by atoms with E-state index in [4.69, 9.17) is 0 Å². The molecule has 0 N–H and O–H groups in total. The van der Waals surface area contributed by atoms with Crippen LogP contribution in [-0.2, 0) is 0 Å². The highest BCUT2D eigenvalue weighted by molar-refractivity contribution is 4.61. The number of hydrogen-bond donors (Lipinski definition) is 0. The van der Waals surface area contributed by atoms with Crippen LogP contribution < -0.4 is 0 Å². The van der Waals surface area contributed by atoms with Gasteiger partial charge in [-0.15, -0.1) is 0 Å². The van der Waals surface area contributed by atoms with E-state index in [1.165, 1.54) is 25.9 Å². The first-order chi connectivity index (χ1) is 5.60. The van der Waals surface area contributed by atoms with E-state index in [1.807, 2.05) is 0 Å². The van der Waals surface area contributed by atoms with Crippen molar-refractivity contribution in [2.24, 2.45) is 11.8 Å². The minimum atomic E-state index is 0.852. The Labute approximate surface area is 78.1 Å². The summed E-state index contributed by atoms with van der Waals surface area (Å²) in [7, 11) is 2.20. The lowest BCUT2D eigenvalue weighted by Gasteiger charge is -2.21. The molecular weight excluding hydrogens is 146 g/mol. The molecule has 0 amide bonds. The van der Waals surface area contributed by atoms with Crippen LogP contribution in [0.1, 0.15) is 40.5 Å². The van der Waals surface area contributed by atoms with E-state index < -0.39 is 0 Å². The third-order valence-corrected chi connectivity index (χ3v) is 2.66. The molecule has 0 aromatic heterocycles. The average Bonchev–Trinajstić information content (AvgIpc) is 2.03. The molecule has 0 rings (SSSR count). The minimum absolute atomic E-state index is 0.852. The van der Waals surface area contributed by atoms with Crippen molar-refractivity contribution in [3.8, 4) is 0 Å². The maximum atomic E-state index is 2.40. The Hall–Kier alpha value is -0.0400. The summed E-state index contributed by atoms with van der Waals surface area (Å²) in [5.74, 6) is 1.75. The van der Waals surface area contributed by atoms with Gasteiger partial charge in [-0.2, -0.15) is 0 Å². The molecule has 0 saturated heterocycles. The molecule has 2 unspecified atom stereocenters. The molecule has 0 bridgehead atoms. The van der Waals surface area contributed by atoms with Crippen molar-refractivity contribution in [1.29, 1.82) is 0 Å². The fourth-order valence-electron chi connectivity index (χ4n) is 1.59. The SMILES string of the molecule is CCC(C)CC(C)CN(C)CC. The topological polar surface area (TPSA) is 3.24 Å². The molecule has 0 heterocycles. The summed E-state index contributed by atoms with van der Waals surface area (Å²) < 4.78 is 0. The summed E-state index contributed by atoms with van der Waals surface area (Å²) in [4.78, 5) is 2.40. The zero-order chi connectivity index (χ0) is 9.56. The Bertz CT molecular complexity index is 89.2. The lowest BCUT2D eigenvalue weighted by Crippen LogP contribution is -2.24. The van der Waals surface area contributed by atoms with Gasteiger partial charge in [0.25, 0.3) is 0 Å². The van der Waals surface area contributed by atoms with Gasteiger partial charge in [0.2, 0.25) is 0 Å². The van der Waals surface area contributed by atoms with Crippen LogP contribution in [0.4, 0.5) is 0 Å². The average molecular weight is 171 g/mol. The minimum Gasteiger partial charge on any atom is -0.306 e. The highest BCUT2D eigenvalue weighted by Gasteiger charge is 2.08. The van der Waals surface area contributed by atoms with Crippen LogP contribution in [0.5, 0.6) is 0 Å². The van der Waals surface area contributed by atoms with E-state index in [0.29, 0.717) is 0 Å². The second-order valence-electron chi connectivity index (χ2n) is 4.21. The van der Waals surface area contributed by atoms with Crippen molar-refractivity contribution < 1.29 is 0 Å². The van der Waals surface area contributed by atoms with Gasteiger partial charge in [-0.1, -0.05) is 34.1 Å². The quantitative estimate of drug-likeness (QED) is 0.594. The van der Waals surface area contributed by atoms with Gasteiger partial charge < -0.3 is 4.90 Å². The first-order valence-corrected chi connectivity index (χ1v) is 5.28. The molecule has 2 atom stereocenters. The van der Waals surface area contributed by atoms with Crippen molar-refractivity contribution >= 4 is 0 Å². The second-order valence-corrected chi connectivity index (χ2v) is 4.21. The summed E-state index contributed by atoms with van der Waals surface area (Å²) >= 11 is 0. The van der Waals surface area contributed by atoms with Crippen LogP contribution >= 0.6 is 0 Å². The molecule has 0 fully saturated rings. The van der Waals surface area contributed by atoms with Gasteiger partial charge in [0.05, 0.1) is 0 Å². The van der Waals surface area contributed by atoms with E-state index in [-0.39, 0.29) is 0 Å². The van der Waals surface area contributed by atoms with E-state index in [2.05, 4.69) is 39.6 Å². The van der Waals surface area contributed by atoms with Gasteiger partial charge in [0.15, 0.2) is 0 Å². The predicted molar refractivity (Wildman–Crippen MR) is 56.4 cm³/mol. The van der Waals surface area contributed by atoms with Crippen LogP contribution in [0.2, 0.25) is 0 Å². The molecule has 1 nitrogen and oxygen atoms in total. The van der Waals surface area contributed by atoms with Crippen molar-refractivity contribution in [1.82, 2.24) is 4.90 Å². The molecule has 0 aromatic rings. The molecule has 0 radical (unpaired) electrons. The molecule has 0 aliphatic heterocycles. The molecular formula is C11H25N. The van der Waals surface area contributed by atoms with Crippen LogP contribution in [-0.4, -0.2) is 25.0 Å². The van der Waals surface area contributed by atoms with Gasteiger partial charge in [-0.25, -0.2) is 0 Å². The Balaban J connectivity index is 3.51. The second kappa shape index (κ2) is 6.47. The summed E-state index contributed by atoms with van der Waals surface area (Å²) in [5, 5.41) is 0. The largest absolute Gasteiger partial charge is 0.306 e. The summed E-state index contributed by atoms with van der Waals surface area (Å²) in [6.45, 7) is 11.6. The summed E-state index contributed by atoms with van der Waals surface area (Å²) in [5.41, 5.74) is 0. The smallest absolute Gasteiger partial charge is 0.000395 e. The van der Waals surface area contributed by atoms with Crippen molar-refractivity contribution in [3.05, 3.63) is 0 Å². The maximum Gasteiger partial charge on any atom is 0.000395 e. The molecule has 74 valence electrons. The number of nitrogens with zero attached hydrogens (tertiary/aromatic N) is 1. The molecule has 0 aliphatic rings. The maximum absolute atomic E-state index is 2.40. The predicted octanol–water partition coefficient (Wildman–Crippen LogP) is 3.01. The molecule has 0 aliphatic carbocycles. The van der Waals surface area contributed by atoms with Crippen molar-refractivity contribution in [2.45, 2.75) is 40.5 Å². The highest BCUT2D eigenvalue weighted by Crippen LogP contribution is 2.15.